The Bertz CT molecular complexity index is 426. The maximum Gasteiger partial charge on any atom is 0.0302 e. The summed E-state index contributed by atoms with van der Waals surface area (Å²) in [7, 11) is 0. The van der Waals surface area contributed by atoms with Gasteiger partial charge in [0.05, 0.1) is 0 Å². The van der Waals surface area contributed by atoms with E-state index in [9.17, 15) is 0 Å². The second-order valence-electron chi connectivity index (χ2n) is 5.84. The molecule has 1 atom stereocenters. The van der Waals surface area contributed by atoms with Crippen molar-refractivity contribution in [1.29, 1.82) is 0 Å². The first-order valence-electron chi connectivity index (χ1n) is 7.36. The van der Waals surface area contributed by atoms with E-state index in [1.807, 2.05) is 11.3 Å². The standard InChI is InChI=1S/C15H24N2S2/c1-11-10-18-6-5-17(11)9-13-7-15(19-12(13)2)8-16-14-3-4-14/h7,11,14,16H,3-6,8-10H2,1-2H3. The molecule has 2 heterocycles. The fourth-order valence-electron chi connectivity index (χ4n) is 2.58. The number of rotatable bonds is 5. The summed E-state index contributed by atoms with van der Waals surface area (Å²) >= 11 is 4.08. The molecule has 106 valence electrons. The van der Waals surface area contributed by atoms with Crippen LogP contribution in [0.5, 0.6) is 0 Å². The summed E-state index contributed by atoms with van der Waals surface area (Å²) in [5, 5.41) is 3.62. The summed E-state index contributed by atoms with van der Waals surface area (Å²) < 4.78 is 0. The number of thiophene rings is 1. The minimum Gasteiger partial charge on any atom is -0.309 e. The van der Waals surface area contributed by atoms with Crippen LogP contribution in [0, 0.1) is 6.92 Å². The molecule has 2 fully saturated rings. The van der Waals surface area contributed by atoms with Gasteiger partial charge in [-0.2, -0.15) is 11.8 Å². The monoisotopic (exact) mass is 296 g/mol. The Balaban J connectivity index is 1.59. The number of nitrogens with zero attached hydrogens (tertiary/aromatic N) is 1. The molecule has 0 radical (unpaired) electrons. The third-order valence-corrected chi connectivity index (χ3v) is 6.37. The topological polar surface area (TPSA) is 15.3 Å². The molecule has 1 aromatic rings. The lowest BCUT2D eigenvalue weighted by atomic mass is 10.2. The highest BCUT2D eigenvalue weighted by atomic mass is 32.2. The van der Waals surface area contributed by atoms with E-state index in [-0.39, 0.29) is 0 Å². The van der Waals surface area contributed by atoms with Crippen LogP contribution in [-0.2, 0) is 13.1 Å². The first kappa shape index (κ1) is 13.9. The van der Waals surface area contributed by atoms with Gasteiger partial charge in [0.15, 0.2) is 0 Å². The zero-order chi connectivity index (χ0) is 13.2. The van der Waals surface area contributed by atoms with Gasteiger partial charge in [-0.3, -0.25) is 4.90 Å². The Labute approximate surface area is 125 Å². The summed E-state index contributed by atoms with van der Waals surface area (Å²) in [5.41, 5.74) is 1.55. The molecule has 1 aliphatic heterocycles. The van der Waals surface area contributed by atoms with Crippen molar-refractivity contribution < 1.29 is 0 Å². The van der Waals surface area contributed by atoms with E-state index in [2.05, 4.69) is 41.9 Å². The second kappa shape index (κ2) is 6.17. The minimum atomic E-state index is 0.728. The average Bonchev–Trinajstić information content (AvgIpc) is 3.16. The molecule has 1 unspecified atom stereocenters. The highest BCUT2D eigenvalue weighted by Gasteiger charge is 2.22. The van der Waals surface area contributed by atoms with Gasteiger partial charge in [-0.05, 0) is 38.3 Å². The van der Waals surface area contributed by atoms with Gasteiger partial charge < -0.3 is 5.32 Å². The van der Waals surface area contributed by atoms with Crippen LogP contribution < -0.4 is 5.32 Å². The zero-order valence-corrected chi connectivity index (χ0v) is 13.6. The van der Waals surface area contributed by atoms with Crippen molar-refractivity contribution in [3.8, 4) is 0 Å². The lowest BCUT2D eigenvalue weighted by molar-refractivity contribution is 0.224. The summed E-state index contributed by atoms with van der Waals surface area (Å²) in [6.07, 6.45) is 2.75. The van der Waals surface area contributed by atoms with Crippen molar-refractivity contribution >= 4 is 23.1 Å². The SMILES string of the molecule is Cc1sc(CNC2CC2)cc1CN1CCSCC1C. The van der Waals surface area contributed by atoms with Crippen LogP contribution >= 0.6 is 23.1 Å². The number of nitrogens with one attached hydrogen (secondary N) is 1. The van der Waals surface area contributed by atoms with Gasteiger partial charge in [-0.1, -0.05) is 0 Å². The molecule has 2 aliphatic rings. The van der Waals surface area contributed by atoms with E-state index in [0.717, 1.165) is 25.2 Å². The first-order chi connectivity index (χ1) is 9.22. The lowest BCUT2D eigenvalue weighted by Crippen LogP contribution is -2.39. The number of hydrogen-bond acceptors (Lipinski definition) is 4. The molecular weight excluding hydrogens is 272 g/mol. The van der Waals surface area contributed by atoms with Crippen LogP contribution in [0.3, 0.4) is 0 Å². The van der Waals surface area contributed by atoms with Crippen LogP contribution in [0.4, 0.5) is 0 Å². The van der Waals surface area contributed by atoms with E-state index < -0.39 is 0 Å². The molecule has 0 bridgehead atoms. The number of aryl methyl sites for hydroxylation is 1. The van der Waals surface area contributed by atoms with Crippen molar-refractivity contribution in [2.45, 2.75) is 51.9 Å². The van der Waals surface area contributed by atoms with E-state index >= 15 is 0 Å². The molecular formula is C15H24N2S2. The molecule has 1 saturated heterocycles. The molecule has 4 heteroatoms. The highest BCUT2D eigenvalue weighted by molar-refractivity contribution is 7.99. The quantitative estimate of drug-likeness (QED) is 0.898. The Morgan fingerprint density at radius 1 is 1.42 bits per heavy atom. The third kappa shape index (κ3) is 3.75. The molecule has 2 nitrogen and oxygen atoms in total. The number of hydrogen-bond donors (Lipinski definition) is 1. The summed E-state index contributed by atoms with van der Waals surface area (Å²) in [4.78, 5) is 5.67. The van der Waals surface area contributed by atoms with Gasteiger partial charge in [0.1, 0.15) is 0 Å². The fourth-order valence-corrected chi connectivity index (χ4v) is 4.67. The summed E-state index contributed by atoms with van der Waals surface area (Å²) in [6, 6.07) is 3.97. The van der Waals surface area contributed by atoms with Gasteiger partial charge in [0, 0.05) is 53.0 Å². The molecule has 1 aromatic heterocycles. The smallest absolute Gasteiger partial charge is 0.0302 e. The van der Waals surface area contributed by atoms with Crippen LogP contribution in [0.25, 0.3) is 0 Å². The Hall–Kier alpha value is -0.0300. The lowest BCUT2D eigenvalue weighted by Gasteiger charge is -2.32. The zero-order valence-electron chi connectivity index (χ0n) is 11.9. The normalized spacial score (nSPS) is 24.8. The molecule has 1 N–H and O–H groups in total. The van der Waals surface area contributed by atoms with E-state index in [0.29, 0.717) is 0 Å². The maximum absolute atomic E-state index is 3.62. The van der Waals surface area contributed by atoms with E-state index in [4.69, 9.17) is 0 Å². The van der Waals surface area contributed by atoms with Gasteiger partial charge in [-0.25, -0.2) is 0 Å². The maximum atomic E-state index is 3.62. The van der Waals surface area contributed by atoms with Crippen molar-refractivity contribution in [1.82, 2.24) is 10.2 Å². The molecule has 1 saturated carbocycles. The van der Waals surface area contributed by atoms with Crippen LogP contribution in [0.15, 0.2) is 6.07 Å². The summed E-state index contributed by atoms with van der Waals surface area (Å²) in [5.74, 6) is 2.59. The molecule has 19 heavy (non-hydrogen) atoms. The molecule has 3 rings (SSSR count). The predicted molar refractivity (Wildman–Crippen MR) is 86.1 cm³/mol. The number of thioether (sulfide) groups is 1. The fraction of sp³-hybridized carbons (Fsp3) is 0.733. The summed E-state index contributed by atoms with van der Waals surface area (Å²) in [6.45, 7) is 8.11. The van der Waals surface area contributed by atoms with Crippen molar-refractivity contribution in [3.05, 3.63) is 21.4 Å². The molecule has 1 aliphatic carbocycles. The van der Waals surface area contributed by atoms with Crippen LogP contribution in [0.2, 0.25) is 0 Å². The highest BCUT2D eigenvalue weighted by Crippen LogP contribution is 2.27. The van der Waals surface area contributed by atoms with Crippen LogP contribution in [-0.4, -0.2) is 35.0 Å². The van der Waals surface area contributed by atoms with Crippen molar-refractivity contribution in [2.24, 2.45) is 0 Å². The van der Waals surface area contributed by atoms with E-state index in [1.165, 1.54) is 40.6 Å². The van der Waals surface area contributed by atoms with Gasteiger partial charge in [0.25, 0.3) is 0 Å². The van der Waals surface area contributed by atoms with E-state index in [1.54, 1.807) is 5.56 Å². The third-order valence-electron chi connectivity index (χ3n) is 4.09. The van der Waals surface area contributed by atoms with Crippen LogP contribution in [0.1, 0.15) is 35.1 Å². The first-order valence-corrected chi connectivity index (χ1v) is 9.33. The van der Waals surface area contributed by atoms with Gasteiger partial charge in [-0.15, -0.1) is 11.3 Å². The largest absolute Gasteiger partial charge is 0.309 e. The molecule has 0 spiro atoms. The Morgan fingerprint density at radius 2 is 2.26 bits per heavy atom. The predicted octanol–water partition coefficient (Wildman–Crippen LogP) is 3.25. The van der Waals surface area contributed by atoms with Crippen molar-refractivity contribution in [2.75, 3.05) is 18.1 Å². The molecule has 0 amide bonds. The second-order valence-corrected chi connectivity index (χ2v) is 8.33. The van der Waals surface area contributed by atoms with Crippen molar-refractivity contribution in [3.63, 3.8) is 0 Å². The Kier molecular flexibility index (Phi) is 4.52. The van der Waals surface area contributed by atoms with Gasteiger partial charge in [0.2, 0.25) is 0 Å². The molecule has 0 aromatic carbocycles. The minimum absolute atomic E-state index is 0.728. The Morgan fingerprint density at radius 3 is 3.00 bits per heavy atom. The van der Waals surface area contributed by atoms with Gasteiger partial charge >= 0.3 is 0 Å². The average molecular weight is 297 g/mol.